The first-order valence-electron chi connectivity index (χ1n) is 4.70. The number of nitrogens with zero attached hydrogens (tertiary/aromatic N) is 2. The molecule has 1 aromatic carbocycles. The lowest BCUT2D eigenvalue weighted by molar-refractivity contribution is 0.0691. The van der Waals surface area contributed by atoms with Crippen molar-refractivity contribution in [2.45, 2.75) is 0 Å². The number of carboxylic acid groups (broad SMARTS) is 1. The fraction of sp³-hybridized carbons (Fsp3) is 0.182. The summed E-state index contributed by atoms with van der Waals surface area (Å²) in [6.45, 7) is 0. The van der Waals surface area contributed by atoms with Gasteiger partial charge in [-0.3, -0.25) is 4.79 Å². The largest absolute Gasteiger partial charge is 0.478 e. The van der Waals surface area contributed by atoms with Crippen LogP contribution < -0.4 is 0 Å². The van der Waals surface area contributed by atoms with Crippen LogP contribution in [0, 0.1) is 5.82 Å². The lowest BCUT2D eigenvalue weighted by Gasteiger charge is -2.05. The Hall–Kier alpha value is -2.24. The molecule has 1 aromatic rings. The first kappa shape index (κ1) is 12.8. The molecule has 1 rings (SSSR count). The second-order valence-corrected chi connectivity index (χ2v) is 3.48. The Bertz CT molecular complexity index is 484. The molecule has 0 heterocycles. The van der Waals surface area contributed by atoms with E-state index in [1.165, 1.54) is 17.3 Å². The van der Waals surface area contributed by atoms with Crippen molar-refractivity contribution in [2.75, 3.05) is 14.1 Å². The van der Waals surface area contributed by atoms with Crippen LogP contribution in [0.3, 0.4) is 0 Å². The van der Waals surface area contributed by atoms with Crippen molar-refractivity contribution in [3.05, 3.63) is 35.1 Å². The molecule has 0 aromatic heterocycles. The van der Waals surface area contributed by atoms with Crippen LogP contribution >= 0.6 is 0 Å². The zero-order chi connectivity index (χ0) is 13.0. The van der Waals surface area contributed by atoms with Gasteiger partial charge < -0.3 is 10.0 Å². The number of rotatable bonds is 3. The molecule has 0 aliphatic carbocycles. The lowest BCUT2D eigenvalue weighted by atomic mass is 10.1. The van der Waals surface area contributed by atoms with E-state index in [2.05, 4.69) is 4.99 Å². The van der Waals surface area contributed by atoms with E-state index >= 15 is 0 Å². The Morgan fingerprint density at radius 2 is 2.06 bits per heavy atom. The highest BCUT2D eigenvalue weighted by atomic mass is 19.1. The average molecular weight is 238 g/mol. The minimum Gasteiger partial charge on any atom is -0.478 e. The van der Waals surface area contributed by atoms with Gasteiger partial charge >= 0.3 is 5.97 Å². The van der Waals surface area contributed by atoms with E-state index in [1.54, 1.807) is 14.1 Å². The monoisotopic (exact) mass is 238 g/mol. The maximum Gasteiger partial charge on any atom is 0.336 e. The van der Waals surface area contributed by atoms with E-state index in [4.69, 9.17) is 5.11 Å². The van der Waals surface area contributed by atoms with Gasteiger partial charge in [-0.2, -0.15) is 4.99 Å². The van der Waals surface area contributed by atoms with Gasteiger partial charge in [0.15, 0.2) is 0 Å². The normalized spacial score (nSPS) is 10.5. The van der Waals surface area contributed by atoms with Crippen molar-refractivity contribution in [3.8, 4) is 0 Å². The van der Waals surface area contributed by atoms with Crippen molar-refractivity contribution in [3.63, 3.8) is 0 Å². The summed E-state index contributed by atoms with van der Waals surface area (Å²) in [4.78, 5) is 27.3. The number of hydrogen-bond acceptors (Lipinski definition) is 2. The molecule has 1 N–H and O–H groups in total. The van der Waals surface area contributed by atoms with Gasteiger partial charge in [-0.25, -0.2) is 9.18 Å². The van der Waals surface area contributed by atoms with E-state index < -0.39 is 28.8 Å². The van der Waals surface area contributed by atoms with Gasteiger partial charge in [0.05, 0.1) is 17.5 Å². The van der Waals surface area contributed by atoms with Gasteiger partial charge in [0.25, 0.3) is 5.91 Å². The van der Waals surface area contributed by atoms with Crippen molar-refractivity contribution in [1.82, 2.24) is 4.90 Å². The van der Waals surface area contributed by atoms with Gasteiger partial charge in [0.1, 0.15) is 5.82 Å². The summed E-state index contributed by atoms with van der Waals surface area (Å²) < 4.78 is 13.4. The molecule has 90 valence electrons. The first-order valence-corrected chi connectivity index (χ1v) is 4.70. The molecule has 1 amide bonds. The van der Waals surface area contributed by atoms with E-state index in [9.17, 15) is 14.0 Å². The van der Waals surface area contributed by atoms with Crippen molar-refractivity contribution >= 4 is 18.2 Å². The molecular formula is C11H11FN2O3. The van der Waals surface area contributed by atoms with E-state index in [1.807, 2.05) is 0 Å². The Balaban J connectivity index is 3.21. The van der Waals surface area contributed by atoms with Gasteiger partial charge in [-0.15, -0.1) is 0 Å². The van der Waals surface area contributed by atoms with Gasteiger partial charge in [0.2, 0.25) is 0 Å². The van der Waals surface area contributed by atoms with Gasteiger partial charge in [0, 0.05) is 14.1 Å². The predicted molar refractivity (Wildman–Crippen MR) is 59.9 cm³/mol. The van der Waals surface area contributed by atoms with Crippen LogP contribution in [0.2, 0.25) is 0 Å². The van der Waals surface area contributed by atoms with Gasteiger partial charge in [-0.05, 0) is 12.1 Å². The number of benzene rings is 1. The quantitative estimate of drug-likeness (QED) is 0.635. The van der Waals surface area contributed by atoms with Crippen molar-refractivity contribution in [2.24, 2.45) is 4.99 Å². The SMILES string of the molecule is CN(C)/C=N/C(=O)c1c(F)cccc1C(=O)O. The molecule has 0 aliphatic rings. The summed E-state index contributed by atoms with van der Waals surface area (Å²) in [7, 11) is 3.27. The smallest absolute Gasteiger partial charge is 0.336 e. The fourth-order valence-corrected chi connectivity index (χ4v) is 1.15. The number of halogens is 1. The summed E-state index contributed by atoms with van der Waals surface area (Å²) in [5, 5.41) is 8.84. The number of aliphatic imine (C=N–C) groups is 1. The molecule has 0 unspecified atom stereocenters. The second-order valence-electron chi connectivity index (χ2n) is 3.48. The third kappa shape index (κ3) is 3.10. The van der Waals surface area contributed by atoms with Crippen LogP contribution in [-0.2, 0) is 0 Å². The Kier molecular flexibility index (Phi) is 3.92. The fourth-order valence-electron chi connectivity index (χ4n) is 1.15. The van der Waals surface area contributed by atoms with Crippen LogP contribution in [0.25, 0.3) is 0 Å². The van der Waals surface area contributed by atoms with Crippen LogP contribution in [0.1, 0.15) is 20.7 Å². The molecule has 17 heavy (non-hydrogen) atoms. The maximum atomic E-state index is 13.4. The Morgan fingerprint density at radius 1 is 1.41 bits per heavy atom. The summed E-state index contributed by atoms with van der Waals surface area (Å²) in [5.74, 6) is -3.19. The second kappa shape index (κ2) is 5.20. The first-order chi connectivity index (χ1) is 7.93. The third-order valence-corrected chi connectivity index (χ3v) is 1.86. The van der Waals surface area contributed by atoms with E-state index in [0.717, 1.165) is 12.1 Å². The number of carbonyl (C=O) groups excluding carboxylic acids is 1. The van der Waals surface area contributed by atoms with Crippen LogP contribution in [0.4, 0.5) is 4.39 Å². The zero-order valence-electron chi connectivity index (χ0n) is 9.35. The Morgan fingerprint density at radius 3 is 2.59 bits per heavy atom. The van der Waals surface area contributed by atoms with Crippen LogP contribution in [0.15, 0.2) is 23.2 Å². The molecule has 0 fully saturated rings. The molecule has 6 heteroatoms. The average Bonchev–Trinajstić information content (AvgIpc) is 2.25. The number of aromatic carboxylic acids is 1. The lowest BCUT2D eigenvalue weighted by Crippen LogP contribution is -2.13. The topological polar surface area (TPSA) is 70.0 Å². The summed E-state index contributed by atoms with van der Waals surface area (Å²) in [6, 6.07) is 3.40. The van der Waals surface area contributed by atoms with Crippen molar-refractivity contribution < 1.29 is 19.1 Å². The van der Waals surface area contributed by atoms with E-state index in [0.29, 0.717) is 0 Å². The third-order valence-electron chi connectivity index (χ3n) is 1.86. The molecule has 0 radical (unpaired) electrons. The maximum absolute atomic E-state index is 13.4. The minimum atomic E-state index is -1.37. The number of carbonyl (C=O) groups is 2. The van der Waals surface area contributed by atoms with Crippen molar-refractivity contribution in [1.29, 1.82) is 0 Å². The molecular weight excluding hydrogens is 227 g/mol. The zero-order valence-corrected chi connectivity index (χ0v) is 9.35. The molecule has 0 saturated carbocycles. The summed E-state index contributed by atoms with van der Waals surface area (Å²) >= 11 is 0. The van der Waals surface area contributed by atoms with Crippen LogP contribution in [0.5, 0.6) is 0 Å². The highest BCUT2D eigenvalue weighted by Gasteiger charge is 2.19. The molecule has 0 saturated heterocycles. The molecule has 0 atom stereocenters. The standard InChI is InChI=1S/C11H11FN2O3/c1-14(2)6-13-10(15)9-7(11(16)17)4-3-5-8(9)12/h3-6H,1-2H3,(H,16,17)/b13-6+. The summed E-state index contributed by atoms with van der Waals surface area (Å²) in [6.07, 6.45) is 1.18. The molecule has 5 nitrogen and oxygen atoms in total. The van der Waals surface area contributed by atoms with E-state index in [-0.39, 0.29) is 0 Å². The minimum absolute atomic E-state index is 0.397. The van der Waals surface area contributed by atoms with Crippen LogP contribution in [-0.4, -0.2) is 42.3 Å². The number of hydrogen-bond donors (Lipinski definition) is 1. The highest BCUT2D eigenvalue weighted by Crippen LogP contribution is 2.14. The predicted octanol–water partition coefficient (Wildman–Crippen LogP) is 1.25. The molecule has 0 aliphatic heterocycles. The van der Waals surface area contributed by atoms with Gasteiger partial charge in [-0.1, -0.05) is 6.07 Å². The Labute approximate surface area is 97.2 Å². The molecule has 0 spiro atoms. The molecule has 0 bridgehead atoms. The number of amides is 1. The summed E-state index contributed by atoms with van der Waals surface area (Å²) in [5.41, 5.74) is -0.927. The number of carboxylic acids is 1. The highest BCUT2D eigenvalue weighted by molar-refractivity contribution is 6.07.